The van der Waals surface area contributed by atoms with E-state index in [1.54, 1.807) is 6.07 Å². The van der Waals surface area contributed by atoms with E-state index in [4.69, 9.17) is 0 Å². The van der Waals surface area contributed by atoms with Crippen LogP contribution in [0.25, 0.3) is 0 Å². The van der Waals surface area contributed by atoms with Crippen LogP contribution in [-0.4, -0.2) is 55.1 Å². The maximum atomic E-state index is 13.9. The van der Waals surface area contributed by atoms with Gasteiger partial charge in [-0.1, -0.05) is 6.07 Å². The molecule has 3 nitrogen and oxygen atoms in total. The van der Waals surface area contributed by atoms with E-state index >= 15 is 0 Å². The molecule has 1 aromatic rings. The number of halogens is 2. The number of hydrogen-bond acceptors (Lipinski definition) is 3. The van der Waals surface area contributed by atoms with Gasteiger partial charge in [-0.05, 0) is 26.0 Å². The van der Waals surface area contributed by atoms with Gasteiger partial charge < -0.3 is 5.32 Å². The lowest BCUT2D eigenvalue weighted by Crippen LogP contribution is -2.51. The van der Waals surface area contributed by atoms with Gasteiger partial charge in [0.2, 0.25) is 0 Å². The molecule has 116 valence electrons. The van der Waals surface area contributed by atoms with E-state index < -0.39 is 11.6 Å². The van der Waals surface area contributed by atoms with Crippen molar-refractivity contribution in [1.82, 2.24) is 15.1 Å². The molecular weight excluding hydrogens is 272 g/mol. The van der Waals surface area contributed by atoms with Crippen LogP contribution in [0.4, 0.5) is 8.78 Å². The van der Waals surface area contributed by atoms with Crippen LogP contribution < -0.4 is 5.32 Å². The standard InChI is InChI=1S/C16H23F2N3/c1-12(15-3-2-13(17)10-16(15)18)20-6-8-21(9-7-20)14-4-5-19-11-14/h2-3,10,12,14,19H,4-9,11H2,1H3. The van der Waals surface area contributed by atoms with Crippen molar-refractivity contribution in [2.45, 2.75) is 25.4 Å². The van der Waals surface area contributed by atoms with Crippen LogP contribution in [0.1, 0.15) is 24.9 Å². The van der Waals surface area contributed by atoms with Gasteiger partial charge in [0.15, 0.2) is 0 Å². The molecule has 1 aromatic carbocycles. The lowest BCUT2D eigenvalue weighted by molar-refractivity contribution is 0.0776. The number of hydrogen-bond donors (Lipinski definition) is 1. The summed E-state index contributed by atoms with van der Waals surface area (Å²) in [5.41, 5.74) is 0.590. The van der Waals surface area contributed by atoms with E-state index in [-0.39, 0.29) is 6.04 Å². The molecule has 0 spiro atoms. The highest BCUT2D eigenvalue weighted by Crippen LogP contribution is 2.25. The van der Waals surface area contributed by atoms with E-state index in [1.807, 2.05) is 6.92 Å². The summed E-state index contributed by atoms with van der Waals surface area (Å²) in [5, 5.41) is 3.40. The fourth-order valence-electron chi connectivity index (χ4n) is 3.48. The van der Waals surface area contributed by atoms with Gasteiger partial charge in [0.05, 0.1) is 0 Å². The molecule has 2 saturated heterocycles. The lowest BCUT2D eigenvalue weighted by Gasteiger charge is -2.40. The summed E-state index contributed by atoms with van der Waals surface area (Å²) in [6, 6.07) is 4.55. The molecule has 2 unspecified atom stereocenters. The zero-order chi connectivity index (χ0) is 14.8. The number of nitrogens with zero attached hydrogens (tertiary/aromatic N) is 2. The Morgan fingerprint density at radius 3 is 2.57 bits per heavy atom. The first-order valence-electron chi connectivity index (χ1n) is 7.79. The predicted octanol–water partition coefficient (Wildman–Crippen LogP) is 2.01. The van der Waals surface area contributed by atoms with Crippen molar-refractivity contribution in [2.75, 3.05) is 39.3 Å². The SMILES string of the molecule is CC(c1ccc(F)cc1F)N1CCN(C2CCNC2)CC1. The summed E-state index contributed by atoms with van der Waals surface area (Å²) in [7, 11) is 0. The van der Waals surface area contributed by atoms with Crippen LogP contribution >= 0.6 is 0 Å². The number of nitrogens with one attached hydrogen (secondary N) is 1. The molecular formula is C16H23F2N3. The summed E-state index contributed by atoms with van der Waals surface area (Å²) >= 11 is 0. The van der Waals surface area contributed by atoms with Gasteiger partial charge in [0.25, 0.3) is 0 Å². The molecule has 2 aliphatic rings. The molecule has 0 aromatic heterocycles. The topological polar surface area (TPSA) is 18.5 Å². The highest BCUT2D eigenvalue weighted by atomic mass is 19.1. The quantitative estimate of drug-likeness (QED) is 0.920. The third-order valence-corrected chi connectivity index (χ3v) is 4.86. The van der Waals surface area contributed by atoms with Crippen molar-refractivity contribution < 1.29 is 8.78 Å². The summed E-state index contributed by atoms with van der Waals surface area (Å²) in [6.45, 7) is 8.13. The van der Waals surface area contributed by atoms with Gasteiger partial charge >= 0.3 is 0 Å². The molecule has 5 heteroatoms. The second kappa shape index (κ2) is 6.38. The molecule has 2 atom stereocenters. The van der Waals surface area contributed by atoms with Crippen molar-refractivity contribution in [3.05, 3.63) is 35.4 Å². The Kier molecular flexibility index (Phi) is 4.52. The van der Waals surface area contributed by atoms with E-state index in [2.05, 4.69) is 15.1 Å². The van der Waals surface area contributed by atoms with Crippen LogP contribution in [0.3, 0.4) is 0 Å². The van der Waals surface area contributed by atoms with Crippen LogP contribution in [0.15, 0.2) is 18.2 Å². The second-order valence-corrected chi connectivity index (χ2v) is 6.06. The third kappa shape index (κ3) is 3.25. The largest absolute Gasteiger partial charge is 0.315 e. The average molecular weight is 295 g/mol. The maximum absolute atomic E-state index is 13.9. The predicted molar refractivity (Wildman–Crippen MR) is 79.2 cm³/mol. The second-order valence-electron chi connectivity index (χ2n) is 6.06. The lowest BCUT2D eigenvalue weighted by atomic mass is 10.0. The molecule has 0 saturated carbocycles. The summed E-state index contributed by atoms with van der Waals surface area (Å²) in [4.78, 5) is 4.82. The van der Waals surface area contributed by atoms with Crippen molar-refractivity contribution in [2.24, 2.45) is 0 Å². The van der Waals surface area contributed by atoms with Gasteiger partial charge in [-0.15, -0.1) is 0 Å². The zero-order valence-corrected chi connectivity index (χ0v) is 12.5. The van der Waals surface area contributed by atoms with Crippen LogP contribution in [-0.2, 0) is 0 Å². The average Bonchev–Trinajstić information content (AvgIpc) is 3.01. The van der Waals surface area contributed by atoms with Crippen molar-refractivity contribution >= 4 is 0 Å². The number of rotatable bonds is 3. The minimum absolute atomic E-state index is 0.00514. The molecule has 3 rings (SSSR count). The molecule has 2 aliphatic heterocycles. The highest BCUT2D eigenvalue weighted by molar-refractivity contribution is 5.22. The Bertz CT molecular complexity index is 480. The van der Waals surface area contributed by atoms with Gasteiger partial charge in [0, 0.05) is 56.4 Å². The van der Waals surface area contributed by atoms with Crippen molar-refractivity contribution in [3.63, 3.8) is 0 Å². The Morgan fingerprint density at radius 2 is 1.95 bits per heavy atom. The first-order valence-corrected chi connectivity index (χ1v) is 7.79. The Labute approximate surface area is 124 Å². The first kappa shape index (κ1) is 14.9. The van der Waals surface area contributed by atoms with Crippen LogP contribution in [0.2, 0.25) is 0 Å². The molecule has 0 radical (unpaired) electrons. The number of benzene rings is 1. The van der Waals surface area contributed by atoms with Crippen LogP contribution in [0, 0.1) is 11.6 Å². The molecule has 2 fully saturated rings. The molecule has 0 aliphatic carbocycles. The summed E-state index contributed by atoms with van der Waals surface area (Å²) < 4.78 is 26.9. The first-order chi connectivity index (χ1) is 10.1. The fourth-order valence-corrected chi connectivity index (χ4v) is 3.48. The minimum Gasteiger partial charge on any atom is -0.315 e. The molecule has 21 heavy (non-hydrogen) atoms. The Hall–Kier alpha value is -1.04. The fraction of sp³-hybridized carbons (Fsp3) is 0.625. The minimum atomic E-state index is -0.512. The highest BCUT2D eigenvalue weighted by Gasteiger charge is 2.28. The zero-order valence-electron chi connectivity index (χ0n) is 12.5. The monoisotopic (exact) mass is 295 g/mol. The molecule has 1 N–H and O–H groups in total. The Balaban J connectivity index is 1.60. The van der Waals surface area contributed by atoms with Crippen LogP contribution in [0.5, 0.6) is 0 Å². The van der Waals surface area contributed by atoms with Gasteiger partial charge in [0.1, 0.15) is 11.6 Å². The molecule has 0 bridgehead atoms. The normalized spacial score (nSPS) is 26.1. The van der Waals surface area contributed by atoms with E-state index in [0.717, 1.165) is 45.3 Å². The smallest absolute Gasteiger partial charge is 0.130 e. The van der Waals surface area contributed by atoms with Crippen molar-refractivity contribution in [3.8, 4) is 0 Å². The van der Waals surface area contributed by atoms with E-state index in [1.165, 1.54) is 12.5 Å². The maximum Gasteiger partial charge on any atom is 0.130 e. The van der Waals surface area contributed by atoms with Crippen molar-refractivity contribution in [1.29, 1.82) is 0 Å². The van der Waals surface area contributed by atoms with Gasteiger partial charge in [-0.3, -0.25) is 9.80 Å². The molecule has 0 amide bonds. The molecule has 2 heterocycles. The van der Waals surface area contributed by atoms with Gasteiger partial charge in [-0.25, -0.2) is 8.78 Å². The van der Waals surface area contributed by atoms with Gasteiger partial charge in [-0.2, -0.15) is 0 Å². The van der Waals surface area contributed by atoms with E-state index in [0.29, 0.717) is 11.6 Å². The summed E-state index contributed by atoms with van der Waals surface area (Å²) in [6.07, 6.45) is 1.22. The Morgan fingerprint density at radius 1 is 1.19 bits per heavy atom. The van der Waals surface area contributed by atoms with E-state index in [9.17, 15) is 8.78 Å². The summed E-state index contributed by atoms with van der Waals surface area (Å²) in [5.74, 6) is -0.952. The number of piperazine rings is 1. The third-order valence-electron chi connectivity index (χ3n) is 4.86.